The average Bonchev–Trinajstić information content (AvgIpc) is 2.70. The van der Waals surface area contributed by atoms with Crippen LogP contribution in [0.5, 0.6) is 0 Å². The van der Waals surface area contributed by atoms with Crippen molar-refractivity contribution in [2.45, 2.75) is 44.7 Å². The Kier molecular flexibility index (Phi) is 6.53. The number of benzene rings is 2. The highest BCUT2D eigenvalue weighted by Gasteiger charge is 2.22. The van der Waals surface area contributed by atoms with Crippen LogP contribution in [0.1, 0.15) is 32.6 Å². The summed E-state index contributed by atoms with van der Waals surface area (Å²) in [6.45, 7) is 1.59. The Hall–Kier alpha value is -2.59. The minimum absolute atomic E-state index is 0. The number of nitrogens with one attached hydrogen (secondary N) is 2. The number of amides is 1. The third-order valence-electron chi connectivity index (χ3n) is 5.29. The molecular weight excluding hydrogens is 370 g/mol. The number of carbonyl (C=O) groups is 1. The number of carbonyl (C=O) groups excluding carboxylic acids is 1. The molecule has 0 aliphatic heterocycles. The van der Waals surface area contributed by atoms with Gasteiger partial charge in [0.1, 0.15) is 5.82 Å². The molecule has 0 bridgehead atoms. The normalized spacial score (nSPS) is 18.9. The van der Waals surface area contributed by atoms with E-state index < -0.39 is 0 Å². The Bertz CT molecular complexity index is 937. The molecule has 0 saturated heterocycles. The first kappa shape index (κ1) is 20.2. The minimum atomic E-state index is 0. The molecule has 146 valence electrons. The Morgan fingerprint density at radius 1 is 0.929 bits per heavy atom. The van der Waals surface area contributed by atoms with Crippen molar-refractivity contribution in [3.8, 4) is 11.3 Å². The van der Waals surface area contributed by atoms with Gasteiger partial charge in [-0.2, -0.15) is 0 Å². The third-order valence-corrected chi connectivity index (χ3v) is 5.29. The third kappa shape index (κ3) is 4.63. The Labute approximate surface area is 172 Å². The minimum Gasteiger partial charge on any atom is -0.367 e. The summed E-state index contributed by atoms with van der Waals surface area (Å²) in [7, 11) is 0. The number of pyridine rings is 1. The SMILES string of the molecule is CC(=O)NC1CCC(Nc2nc(-c3ccccc3)cc3ccccc23)CC1.Cl. The van der Waals surface area contributed by atoms with Crippen LogP contribution in [0.4, 0.5) is 5.82 Å². The van der Waals surface area contributed by atoms with Crippen LogP contribution in [0.25, 0.3) is 22.0 Å². The summed E-state index contributed by atoms with van der Waals surface area (Å²) < 4.78 is 0. The van der Waals surface area contributed by atoms with E-state index in [9.17, 15) is 4.79 Å². The molecule has 1 aliphatic rings. The first-order valence-electron chi connectivity index (χ1n) is 9.68. The van der Waals surface area contributed by atoms with Gasteiger partial charge >= 0.3 is 0 Å². The fourth-order valence-corrected chi connectivity index (χ4v) is 3.93. The molecule has 1 saturated carbocycles. The maximum absolute atomic E-state index is 11.3. The van der Waals surface area contributed by atoms with Gasteiger partial charge in [-0.15, -0.1) is 12.4 Å². The first-order chi connectivity index (χ1) is 13.2. The Morgan fingerprint density at radius 3 is 2.29 bits per heavy atom. The largest absolute Gasteiger partial charge is 0.367 e. The van der Waals surface area contributed by atoms with Crippen molar-refractivity contribution in [1.29, 1.82) is 0 Å². The van der Waals surface area contributed by atoms with Gasteiger partial charge in [-0.3, -0.25) is 4.79 Å². The van der Waals surface area contributed by atoms with Crippen molar-refractivity contribution >= 4 is 34.9 Å². The molecular formula is C23H26ClN3O. The summed E-state index contributed by atoms with van der Waals surface area (Å²) in [5.41, 5.74) is 2.12. The average molecular weight is 396 g/mol. The fourth-order valence-electron chi connectivity index (χ4n) is 3.93. The molecule has 1 heterocycles. The molecule has 1 aromatic heterocycles. The van der Waals surface area contributed by atoms with E-state index in [0.717, 1.165) is 48.1 Å². The number of nitrogens with zero attached hydrogens (tertiary/aromatic N) is 1. The zero-order valence-electron chi connectivity index (χ0n) is 16.0. The molecule has 5 heteroatoms. The van der Waals surface area contributed by atoms with Crippen LogP contribution in [0.3, 0.4) is 0 Å². The molecule has 0 unspecified atom stereocenters. The zero-order chi connectivity index (χ0) is 18.6. The van der Waals surface area contributed by atoms with Crippen LogP contribution in [0, 0.1) is 0 Å². The molecule has 1 aliphatic carbocycles. The van der Waals surface area contributed by atoms with Crippen LogP contribution in [-0.4, -0.2) is 23.0 Å². The van der Waals surface area contributed by atoms with Gasteiger partial charge in [-0.1, -0.05) is 54.6 Å². The Balaban J connectivity index is 0.00000225. The molecule has 4 nitrogen and oxygen atoms in total. The maximum Gasteiger partial charge on any atom is 0.217 e. The number of hydrogen-bond acceptors (Lipinski definition) is 3. The van der Waals surface area contributed by atoms with Crippen LogP contribution < -0.4 is 10.6 Å². The number of halogens is 1. The first-order valence-corrected chi connectivity index (χ1v) is 9.68. The molecule has 2 aromatic carbocycles. The highest BCUT2D eigenvalue weighted by molar-refractivity contribution is 5.94. The molecule has 2 N–H and O–H groups in total. The Morgan fingerprint density at radius 2 is 1.57 bits per heavy atom. The predicted molar refractivity (Wildman–Crippen MR) is 118 cm³/mol. The fraction of sp³-hybridized carbons (Fsp3) is 0.304. The van der Waals surface area contributed by atoms with E-state index in [0.29, 0.717) is 12.1 Å². The topological polar surface area (TPSA) is 54.0 Å². The summed E-state index contributed by atoms with van der Waals surface area (Å²) in [6, 6.07) is 21.6. The van der Waals surface area contributed by atoms with Gasteiger partial charge in [0.25, 0.3) is 0 Å². The summed E-state index contributed by atoms with van der Waals surface area (Å²) in [5.74, 6) is 1.02. The lowest BCUT2D eigenvalue weighted by Gasteiger charge is -2.30. The van der Waals surface area contributed by atoms with Crippen molar-refractivity contribution in [2.24, 2.45) is 0 Å². The van der Waals surface area contributed by atoms with E-state index in [1.165, 1.54) is 5.39 Å². The maximum atomic E-state index is 11.3. The van der Waals surface area contributed by atoms with Crippen LogP contribution >= 0.6 is 12.4 Å². The second kappa shape index (κ2) is 9.07. The van der Waals surface area contributed by atoms with Crippen molar-refractivity contribution < 1.29 is 4.79 Å². The van der Waals surface area contributed by atoms with E-state index in [-0.39, 0.29) is 18.3 Å². The van der Waals surface area contributed by atoms with Crippen LogP contribution in [0.2, 0.25) is 0 Å². The number of aromatic nitrogens is 1. The monoisotopic (exact) mass is 395 g/mol. The lowest BCUT2D eigenvalue weighted by atomic mass is 9.91. The van der Waals surface area contributed by atoms with Gasteiger partial charge in [0.05, 0.1) is 5.69 Å². The highest BCUT2D eigenvalue weighted by Crippen LogP contribution is 2.30. The van der Waals surface area contributed by atoms with Crippen LogP contribution in [-0.2, 0) is 4.79 Å². The second-order valence-corrected chi connectivity index (χ2v) is 7.34. The molecule has 0 radical (unpaired) electrons. The molecule has 0 spiro atoms. The van der Waals surface area contributed by atoms with Gasteiger partial charge in [-0.05, 0) is 37.1 Å². The summed E-state index contributed by atoms with van der Waals surface area (Å²) in [4.78, 5) is 16.2. The van der Waals surface area contributed by atoms with Gasteiger partial charge in [0.2, 0.25) is 5.91 Å². The molecule has 1 amide bonds. The van der Waals surface area contributed by atoms with E-state index >= 15 is 0 Å². The van der Waals surface area contributed by atoms with E-state index in [4.69, 9.17) is 4.98 Å². The summed E-state index contributed by atoms with van der Waals surface area (Å²) in [6.07, 6.45) is 4.09. The number of hydrogen-bond donors (Lipinski definition) is 2. The van der Waals surface area contributed by atoms with Gasteiger partial charge in [0, 0.05) is 30.0 Å². The molecule has 3 aromatic rings. The van der Waals surface area contributed by atoms with E-state index in [2.05, 4.69) is 53.1 Å². The number of fused-ring (bicyclic) bond motifs is 1. The van der Waals surface area contributed by atoms with E-state index in [1.54, 1.807) is 6.92 Å². The smallest absolute Gasteiger partial charge is 0.217 e. The van der Waals surface area contributed by atoms with Crippen molar-refractivity contribution in [3.05, 3.63) is 60.7 Å². The summed E-state index contributed by atoms with van der Waals surface area (Å²) >= 11 is 0. The second-order valence-electron chi connectivity index (χ2n) is 7.34. The number of anilines is 1. The van der Waals surface area contributed by atoms with Crippen molar-refractivity contribution in [3.63, 3.8) is 0 Å². The van der Waals surface area contributed by atoms with Gasteiger partial charge in [0.15, 0.2) is 0 Å². The molecule has 0 atom stereocenters. The summed E-state index contributed by atoms with van der Waals surface area (Å²) in [5, 5.41) is 9.08. The van der Waals surface area contributed by atoms with Crippen LogP contribution in [0.15, 0.2) is 60.7 Å². The van der Waals surface area contributed by atoms with E-state index in [1.807, 2.05) is 18.2 Å². The van der Waals surface area contributed by atoms with Crippen molar-refractivity contribution in [1.82, 2.24) is 10.3 Å². The highest BCUT2D eigenvalue weighted by atomic mass is 35.5. The van der Waals surface area contributed by atoms with Gasteiger partial charge in [-0.25, -0.2) is 4.98 Å². The lowest BCUT2D eigenvalue weighted by molar-refractivity contribution is -0.119. The predicted octanol–water partition coefficient (Wildman–Crippen LogP) is 5.18. The molecule has 1 fully saturated rings. The molecule has 28 heavy (non-hydrogen) atoms. The zero-order valence-corrected chi connectivity index (χ0v) is 16.8. The standard InChI is InChI=1S/C23H25N3O.ClH/c1-16(27)24-19-11-13-20(14-12-19)25-23-21-10-6-5-9-18(21)15-22(26-23)17-7-3-2-4-8-17;/h2-10,15,19-20H,11-14H2,1H3,(H,24,27)(H,25,26);1H. The lowest BCUT2D eigenvalue weighted by Crippen LogP contribution is -2.39. The van der Waals surface area contributed by atoms with Gasteiger partial charge < -0.3 is 10.6 Å². The number of rotatable bonds is 4. The molecule has 4 rings (SSSR count). The quantitative estimate of drug-likeness (QED) is 0.639. The van der Waals surface area contributed by atoms with Crippen molar-refractivity contribution in [2.75, 3.05) is 5.32 Å².